The lowest BCUT2D eigenvalue weighted by Crippen LogP contribution is -2.45. The number of hydrogen-bond donors (Lipinski definition) is 1. The van der Waals surface area contributed by atoms with Crippen molar-refractivity contribution in [1.82, 2.24) is 4.90 Å². The molecule has 0 aromatic carbocycles. The zero-order valence-corrected chi connectivity index (χ0v) is 12.2. The van der Waals surface area contributed by atoms with Gasteiger partial charge in [-0.3, -0.25) is 9.69 Å². The minimum Gasteiger partial charge on any atom is -0.481 e. The van der Waals surface area contributed by atoms with Gasteiger partial charge in [0, 0.05) is 13.1 Å². The van der Waals surface area contributed by atoms with Crippen LogP contribution in [0.5, 0.6) is 0 Å². The molecule has 0 saturated carbocycles. The summed E-state index contributed by atoms with van der Waals surface area (Å²) in [6.45, 7) is 4.35. The van der Waals surface area contributed by atoms with Crippen LogP contribution in [0.3, 0.4) is 0 Å². The average Bonchev–Trinajstić information content (AvgIpc) is 2.64. The highest BCUT2D eigenvalue weighted by atomic mass is 79.9. The molecule has 1 unspecified atom stereocenters. The molecule has 2 heterocycles. The zero-order chi connectivity index (χ0) is 12.5. The largest absolute Gasteiger partial charge is 0.481 e. The Labute approximate surface area is 114 Å². The van der Waals surface area contributed by atoms with E-state index in [0.29, 0.717) is 6.54 Å². The number of carboxylic acids is 1. The van der Waals surface area contributed by atoms with Crippen LogP contribution in [0.15, 0.2) is 15.2 Å². The summed E-state index contributed by atoms with van der Waals surface area (Å²) in [4.78, 5) is 13.5. The summed E-state index contributed by atoms with van der Waals surface area (Å²) in [7, 11) is 0. The van der Waals surface area contributed by atoms with Gasteiger partial charge in [0.05, 0.1) is 9.20 Å². The molecule has 1 atom stereocenters. The molecule has 0 bridgehead atoms. The normalized spacial score (nSPS) is 26.0. The number of aliphatic carboxylic acids is 1. The van der Waals surface area contributed by atoms with Crippen LogP contribution < -0.4 is 0 Å². The number of thiophene rings is 1. The Bertz CT molecular complexity index is 420. The topological polar surface area (TPSA) is 40.5 Å². The standard InChI is InChI=1S/C12H16BrNO2S/c1-12(11(15)16)3-2-4-14(8-12)6-9-5-10(13)17-7-9/h5,7H,2-4,6,8H2,1H3,(H,15,16). The predicted octanol–water partition coefficient (Wildman–Crippen LogP) is 3.20. The number of rotatable bonds is 3. The van der Waals surface area contributed by atoms with E-state index in [2.05, 4.69) is 32.3 Å². The molecule has 0 spiro atoms. The highest BCUT2D eigenvalue weighted by Gasteiger charge is 2.37. The Morgan fingerprint density at radius 1 is 1.71 bits per heavy atom. The fourth-order valence-corrected chi connectivity index (χ4v) is 3.54. The van der Waals surface area contributed by atoms with E-state index in [4.69, 9.17) is 0 Å². The number of nitrogens with zero attached hydrogens (tertiary/aromatic N) is 1. The lowest BCUT2D eigenvalue weighted by atomic mass is 9.82. The molecule has 1 aliphatic heterocycles. The monoisotopic (exact) mass is 317 g/mol. The highest BCUT2D eigenvalue weighted by molar-refractivity contribution is 9.11. The van der Waals surface area contributed by atoms with Crippen molar-refractivity contribution in [3.8, 4) is 0 Å². The fraction of sp³-hybridized carbons (Fsp3) is 0.583. The Kier molecular flexibility index (Phi) is 3.90. The van der Waals surface area contributed by atoms with Gasteiger partial charge in [-0.15, -0.1) is 11.3 Å². The lowest BCUT2D eigenvalue weighted by Gasteiger charge is -2.37. The molecule has 1 saturated heterocycles. The first-order valence-corrected chi connectivity index (χ1v) is 7.35. The van der Waals surface area contributed by atoms with E-state index in [1.807, 2.05) is 6.92 Å². The van der Waals surface area contributed by atoms with Crippen molar-refractivity contribution in [2.75, 3.05) is 13.1 Å². The van der Waals surface area contributed by atoms with Crippen molar-refractivity contribution in [1.29, 1.82) is 0 Å². The van der Waals surface area contributed by atoms with Crippen molar-refractivity contribution in [3.05, 3.63) is 20.8 Å². The van der Waals surface area contributed by atoms with Gasteiger partial charge in [0.25, 0.3) is 0 Å². The third-order valence-electron chi connectivity index (χ3n) is 3.32. The number of halogens is 1. The van der Waals surface area contributed by atoms with Gasteiger partial charge in [0.2, 0.25) is 0 Å². The van der Waals surface area contributed by atoms with Crippen LogP contribution in [0, 0.1) is 5.41 Å². The third kappa shape index (κ3) is 3.09. The molecule has 2 rings (SSSR count). The van der Waals surface area contributed by atoms with Gasteiger partial charge in [-0.05, 0) is 59.2 Å². The number of hydrogen-bond acceptors (Lipinski definition) is 3. The Hall–Kier alpha value is -0.390. The molecule has 1 fully saturated rings. The predicted molar refractivity (Wildman–Crippen MR) is 72.3 cm³/mol. The minimum absolute atomic E-state index is 0.578. The van der Waals surface area contributed by atoms with E-state index in [1.54, 1.807) is 11.3 Å². The van der Waals surface area contributed by atoms with E-state index in [1.165, 1.54) is 5.56 Å². The summed E-state index contributed by atoms with van der Waals surface area (Å²) in [5, 5.41) is 11.4. The van der Waals surface area contributed by atoms with Crippen LogP contribution in [0.1, 0.15) is 25.3 Å². The van der Waals surface area contributed by atoms with Crippen LogP contribution in [0.4, 0.5) is 0 Å². The van der Waals surface area contributed by atoms with Crippen LogP contribution in [-0.4, -0.2) is 29.1 Å². The maximum Gasteiger partial charge on any atom is 0.310 e. The van der Waals surface area contributed by atoms with Gasteiger partial charge in [0.15, 0.2) is 0 Å². The van der Waals surface area contributed by atoms with Crippen LogP contribution in [0.25, 0.3) is 0 Å². The Balaban J connectivity index is 2.00. The minimum atomic E-state index is -0.673. The van der Waals surface area contributed by atoms with Crippen molar-refractivity contribution < 1.29 is 9.90 Å². The first kappa shape index (κ1) is 13.1. The second kappa shape index (κ2) is 5.08. The van der Waals surface area contributed by atoms with E-state index in [0.717, 1.165) is 29.7 Å². The van der Waals surface area contributed by atoms with Gasteiger partial charge < -0.3 is 5.11 Å². The molecule has 1 aliphatic rings. The van der Waals surface area contributed by atoms with Gasteiger partial charge in [0.1, 0.15) is 0 Å². The Morgan fingerprint density at radius 2 is 2.47 bits per heavy atom. The number of carbonyl (C=O) groups is 1. The highest BCUT2D eigenvalue weighted by Crippen LogP contribution is 2.31. The summed E-state index contributed by atoms with van der Waals surface area (Å²) >= 11 is 5.12. The van der Waals surface area contributed by atoms with Crippen molar-refractivity contribution >= 4 is 33.2 Å². The second-order valence-electron chi connectivity index (χ2n) is 4.94. The average molecular weight is 318 g/mol. The van der Waals surface area contributed by atoms with Crippen LogP contribution >= 0.6 is 27.3 Å². The second-order valence-corrected chi connectivity index (χ2v) is 7.23. The molecule has 1 aromatic rings. The third-order valence-corrected chi connectivity index (χ3v) is 4.87. The van der Waals surface area contributed by atoms with Gasteiger partial charge >= 0.3 is 5.97 Å². The molecule has 1 aromatic heterocycles. The fourth-order valence-electron chi connectivity index (χ4n) is 2.34. The van der Waals surface area contributed by atoms with Crippen molar-refractivity contribution in [2.45, 2.75) is 26.3 Å². The van der Waals surface area contributed by atoms with E-state index >= 15 is 0 Å². The van der Waals surface area contributed by atoms with Crippen molar-refractivity contribution in [2.24, 2.45) is 5.41 Å². The molecular weight excluding hydrogens is 302 g/mol. The molecule has 17 heavy (non-hydrogen) atoms. The molecule has 5 heteroatoms. The molecule has 0 radical (unpaired) electrons. The Morgan fingerprint density at radius 3 is 3.06 bits per heavy atom. The summed E-state index contributed by atoms with van der Waals surface area (Å²) in [6, 6.07) is 2.11. The van der Waals surface area contributed by atoms with Gasteiger partial charge in [-0.2, -0.15) is 0 Å². The quantitative estimate of drug-likeness (QED) is 0.930. The lowest BCUT2D eigenvalue weighted by molar-refractivity contribution is -0.151. The molecular formula is C12H16BrNO2S. The number of carboxylic acid groups (broad SMARTS) is 1. The maximum absolute atomic E-state index is 11.2. The zero-order valence-electron chi connectivity index (χ0n) is 9.78. The number of piperidine rings is 1. The smallest absolute Gasteiger partial charge is 0.310 e. The SMILES string of the molecule is CC1(C(=O)O)CCCN(Cc2csc(Br)c2)C1. The summed E-state index contributed by atoms with van der Waals surface area (Å²) in [5.74, 6) is -0.673. The molecule has 94 valence electrons. The first-order chi connectivity index (χ1) is 7.99. The van der Waals surface area contributed by atoms with Crippen LogP contribution in [0.2, 0.25) is 0 Å². The van der Waals surface area contributed by atoms with E-state index in [-0.39, 0.29) is 0 Å². The molecule has 3 nitrogen and oxygen atoms in total. The van der Waals surface area contributed by atoms with E-state index in [9.17, 15) is 9.90 Å². The summed E-state index contributed by atoms with van der Waals surface area (Å²) < 4.78 is 1.13. The number of likely N-dealkylation sites (tertiary alicyclic amines) is 1. The van der Waals surface area contributed by atoms with Gasteiger partial charge in [-0.1, -0.05) is 0 Å². The maximum atomic E-state index is 11.2. The molecule has 1 N–H and O–H groups in total. The summed E-state index contributed by atoms with van der Waals surface area (Å²) in [5.41, 5.74) is 0.683. The van der Waals surface area contributed by atoms with E-state index < -0.39 is 11.4 Å². The summed E-state index contributed by atoms with van der Waals surface area (Å²) in [6.07, 6.45) is 1.75. The van der Waals surface area contributed by atoms with Gasteiger partial charge in [-0.25, -0.2) is 0 Å². The molecule has 0 aliphatic carbocycles. The van der Waals surface area contributed by atoms with Crippen LogP contribution in [-0.2, 0) is 11.3 Å². The first-order valence-electron chi connectivity index (χ1n) is 5.68. The van der Waals surface area contributed by atoms with Crippen molar-refractivity contribution in [3.63, 3.8) is 0 Å². The molecule has 0 amide bonds.